The van der Waals surface area contributed by atoms with Crippen LogP contribution in [0.2, 0.25) is 0 Å². The predicted octanol–water partition coefficient (Wildman–Crippen LogP) is 4.73. The second kappa shape index (κ2) is 12.7. The maximum atomic E-state index is 12.9. The average molecular weight is 638 g/mol. The lowest BCUT2D eigenvalue weighted by atomic mass is 9.93. The van der Waals surface area contributed by atoms with Crippen LogP contribution < -0.4 is 20.4 Å². The number of aliphatic hydroxyl groups is 1. The standard InChI is InChI=1S/C35H43N9O3/c1-41-16-18-42(19-17-41)26-8-6-25(7-9-26)38-35(46)37-24-4-2-23(3-5-24)32-39-33(43-21-29-14-15-30(22-43)47-29)31-20-36-44(34(31)40-32)27-10-12-28(45)13-11-27/h2-9,20,27-30,45H,10-19,21-22H2,1H3,(H2,37,38,46)/t27?,28?,29-,30-/m1/s1. The highest BCUT2D eigenvalue weighted by molar-refractivity contribution is 6.00. The first kappa shape index (κ1) is 30.1. The fourth-order valence-electron chi connectivity index (χ4n) is 7.46. The summed E-state index contributed by atoms with van der Waals surface area (Å²) in [6, 6.07) is 15.6. The number of aromatic nitrogens is 4. The zero-order valence-electron chi connectivity index (χ0n) is 26.9. The topological polar surface area (TPSA) is 124 Å². The van der Waals surface area contributed by atoms with Gasteiger partial charge >= 0.3 is 6.03 Å². The number of anilines is 4. The van der Waals surface area contributed by atoms with Crippen molar-refractivity contribution >= 4 is 39.9 Å². The molecule has 3 N–H and O–H groups in total. The van der Waals surface area contributed by atoms with Gasteiger partial charge in [0, 0.05) is 61.9 Å². The molecule has 5 heterocycles. The maximum Gasteiger partial charge on any atom is 0.323 e. The molecule has 3 saturated heterocycles. The molecule has 4 aliphatic rings. The fraction of sp³-hybridized carbons (Fsp3) is 0.486. The number of morpholine rings is 1. The highest BCUT2D eigenvalue weighted by Crippen LogP contribution is 2.36. The Hall–Kier alpha value is -4.26. The van der Waals surface area contributed by atoms with Crippen LogP contribution in [0.5, 0.6) is 0 Å². The lowest BCUT2D eigenvalue weighted by Gasteiger charge is -2.34. The van der Waals surface area contributed by atoms with Crippen molar-refractivity contribution in [2.24, 2.45) is 0 Å². The summed E-state index contributed by atoms with van der Waals surface area (Å²) < 4.78 is 8.17. The molecule has 8 rings (SSSR count). The van der Waals surface area contributed by atoms with Gasteiger partial charge in [-0.05, 0) is 94.1 Å². The van der Waals surface area contributed by atoms with E-state index in [-0.39, 0.29) is 30.4 Å². The molecule has 3 aliphatic heterocycles. The zero-order chi connectivity index (χ0) is 31.9. The number of ether oxygens (including phenoxy) is 1. The average Bonchev–Trinajstić information content (AvgIpc) is 3.67. The van der Waals surface area contributed by atoms with Crippen molar-refractivity contribution in [3.63, 3.8) is 0 Å². The number of benzene rings is 2. The smallest absolute Gasteiger partial charge is 0.323 e. The highest BCUT2D eigenvalue weighted by atomic mass is 16.5. The Balaban J connectivity index is 0.998. The Labute approximate surface area is 274 Å². The summed E-state index contributed by atoms with van der Waals surface area (Å²) >= 11 is 0. The molecule has 2 aromatic heterocycles. The summed E-state index contributed by atoms with van der Waals surface area (Å²) in [5.74, 6) is 1.52. The van der Waals surface area contributed by atoms with Crippen LogP contribution in [-0.2, 0) is 4.74 Å². The van der Waals surface area contributed by atoms with E-state index >= 15 is 0 Å². The fourth-order valence-corrected chi connectivity index (χ4v) is 7.46. The molecule has 4 fully saturated rings. The minimum atomic E-state index is -0.298. The maximum absolute atomic E-state index is 12.9. The van der Waals surface area contributed by atoms with E-state index in [1.807, 2.05) is 47.3 Å². The summed E-state index contributed by atoms with van der Waals surface area (Å²) in [4.78, 5) is 30.1. The first-order valence-corrected chi connectivity index (χ1v) is 17.0. The van der Waals surface area contributed by atoms with Crippen molar-refractivity contribution in [1.82, 2.24) is 24.6 Å². The van der Waals surface area contributed by atoms with Crippen LogP contribution >= 0.6 is 0 Å². The Morgan fingerprint density at radius 3 is 2.11 bits per heavy atom. The molecule has 2 bridgehead atoms. The summed E-state index contributed by atoms with van der Waals surface area (Å²) in [7, 11) is 2.15. The second-order valence-electron chi connectivity index (χ2n) is 13.5. The van der Waals surface area contributed by atoms with Crippen molar-refractivity contribution in [3.05, 3.63) is 54.7 Å². The lowest BCUT2D eigenvalue weighted by molar-refractivity contribution is 0.0303. The number of piperazine rings is 1. The molecular formula is C35H43N9O3. The first-order valence-electron chi connectivity index (χ1n) is 17.0. The van der Waals surface area contributed by atoms with E-state index in [9.17, 15) is 9.90 Å². The molecule has 12 heteroatoms. The number of nitrogens with one attached hydrogen (secondary N) is 2. The third-order valence-corrected chi connectivity index (χ3v) is 10.2. The molecule has 2 aromatic carbocycles. The second-order valence-corrected chi connectivity index (χ2v) is 13.5. The first-order chi connectivity index (χ1) is 22.9. The zero-order valence-corrected chi connectivity index (χ0v) is 26.9. The summed E-state index contributed by atoms with van der Waals surface area (Å²) in [5, 5.41) is 21.8. The Morgan fingerprint density at radius 2 is 1.45 bits per heavy atom. The lowest BCUT2D eigenvalue weighted by Crippen LogP contribution is -2.44. The van der Waals surface area contributed by atoms with E-state index in [0.29, 0.717) is 11.5 Å². The number of fused-ring (bicyclic) bond motifs is 3. The monoisotopic (exact) mass is 637 g/mol. The highest BCUT2D eigenvalue weighted by Gasteiger charge is 2.36. The molecule has 12 nitrogen and oxygen atoms in total. The minimum absolute atomic E-state index is 0.195. The molecule has 2 amide bonds. The molecule has 246 valence electrons. The number of urea groups is 1. The number of rotatable bonds is 6. The predicted molar refractivity (Wildman–Crippen MR) is 183 cm³/mol. The van der Waals surface area contributed by atoms with E-state index in [4.69, 9.17) is 19.8 Å². The Morgan fingerprint density at radius 1 is 0.809 bits per heavy atom. The van der Waals surface area contributed by atoms with Gasteiger partial charge in [0.25, 0.3) is 0 Å². The molecule has 0 radical (unpaired) electrons. The number of amides is 2. The number of hydrogen-bond acceptors (Lipinski definition) is 9. The summed E-state index contributed by atoms with van der Waals surface area (Å²) in [6.45, 7) is 5.72. The molecular weight excluding hydrogens is 594 g/mol. The van der Waals surface area contributed by atoms with Crippen LogP contribution in [0.15, 0.2) is 54.7 Å². The van der Waals surface area contributed by atoms with Crippen LogP contribution in [0.4, 0.5) is 27.7 Å². The van der Waals surface area contributed by atoms with Crippen molar-refractivity contribution in [3.8, 4) is 11.4 Å². The van der Waals surface area contributed by atoms with Crippen molar-refractivity contribution in [1.29, 1.82) is 0 Å². The van der Waals surface area contributed by atoms with E-state index < -0.39 is 0 Å². The molecule has 0 unspecified atom stereocenters. The van der Waals surface area contributed by atoms with Crippen LogP contribution in [0.3, 0.4) is 0 Å². The number of carbonyl (C=O) groups is 1. The molecule has 0 spiro atoms. The Kier molecular flexibility index (Phi) is 8.16. The van der Waals surface area contributed by atoms with E-state index in [1.165, 1.54) is 5.69 Å². The minimum Gasteiger partial charge on any atom is -0.393 e. The molecule has 1 aliphatic carbocycles. The van der Waals surface area contributed by atoms with Gasteiger partial charge in [0.15, 0.2) is 11.5 Å². The quantitative estimate of drug-likeness (QED) is 0.275. The van der Waals surface area contributed by atoms with Crippen LogP contribution in [0.1, 0.15) is 44.6 Å². The Bertz CT molecular complexity index is 1700. The van der Waals surface area contributed by atoms with Crippen LogP contribution in [0, 0.1) is 0 Å². The summed E-state index contributed by atoms with van der Waals surface area (Å²) in [6.07, 6.45) is 7.57. The van der Waals surface area contributed by atoms with Gasteiger partial charge in [-0.25, -0.2) is 19.4 Å². The van der Waals surface area contributed by atoms with E-state index in [1.54, 1.807) is 0 Å². The van der Waals surface area contributed by atoms with Gasteiger partial charge in [0.05, 0.1) is 35.9 Å². The van der Waals surface area contributed by atoms with Gasteiger partial charge in [-0.2, -0.15) is 5.10 Å². The number of hydrogen-bond donors (Lipinski definition) is 3. The molecule has 1 saturated carbocycles. The van der Waals surface area contributed by atoms with Gasteiger partial charge in [-0.15, -0.1) is 0 Å². The normalized spacial score (nSPS) is 24.9. The van der Waals surface area contributed by atoms with Gasteiger partial charge in [0.2, 0.25) is 0 Å². The van der Waals surface area contributed by atoms with E-state index in [2.05, 4.69) is 44.5 Å². The van der Waals surface area contributed by atoms with Gasteiger partial charge in [-0.1, -0.05) is 0 Å². The van der Waals surface area contributed by atoms with Crippen molar-refractivity contribution < 1.29 is 14.6 Å². The third kappa shape index (κ3) is 6.37. The van der Waals surface area contributed by atoms with Gasteiger partial charge in [-0.3, -0.25) is 0 Å². The molecule has 47 heavy (non-hydrogen) atoms. The third-order valence-electron chi connectivity index (χ3n) is 10.2. The summed E-state index contributed by atoms with van der Waals surface area (Å²) in [5.41, 5.74) is 4.28. The van der Waals surface area contributed by atoms with Crippen molar-refractivity contribution in [2.45, 2.75) is 62.9 Å². The number of aliphatic hydroxyl groups excluding tert-OH is 1. The van der Waals surface area contributed by atoms with Gasteiger partial charge in [0.1, 0.15) is 5.82 Å². The van der Waals surface area contributed by atoms with Crippen LogP contribution in [-0.4, -0.2) is 100 Å². The van der Waals surface area contributed by atoms with E-state index in [0.717, 1.165) is 106 Å². The number of likely N-dealkylation sites (N-methyl/N-ethyl adjacent to an activating group) is 1. The number of nitrogens with zero attached hydrogens (tertiary/aromatic N) is 7. The molecule has 4 aromatic rings. The largest absolute Gasteiger partial charge is 0.393 e. The SMILES string of the molecule is CN1CCN(c2ccc(NC(=O)Nc3ccc(-c4nc(N5C[C@H]6CC[C@H](C5)O6)c5cnn(C6CCC(O)CC6)c5n4)cc3)cc2)CC1. The van der Waals surface area contributed by atoms with Crippen LogP contribution in [0.25, 0.3) is 22.4 Å². The number of carbonyl (C=O) groups excluding carboxylic acids is 1. The van der Waals surface area contributed by atoms with Gasteiger partial charge < -0.3 is 35.2 Å². The van der Waals surface area contributed by atoms with Crippen molar-refractivity contribution in [2.75, 3.05) is 66.7 Å². The molecule has 2 atom stereocenters.